The molecule has 0 atom stereocenters. The van der Waals surface area contributed by atoms with E-state index >= 15 is 0 Å². The summed E-state index contributed by atoms with van der Waals surface area (Å²) in [5, 5.41) is 10.0. The molecule has 0 spiro atoms. The van der Waals surface area contributed by atoms with Crippen LogP contribution in [0.2, 0.25) is 0 Å². The third kappa shape index (κ3) is 4.95. The number of fused-ring (bicyclic) bond motifs is 2. The first kappa shape index (κ1) is 25.7. The predicted octanol–water partition coefficient (Wildman–Crippen LogP) is 3.38. The minimum absolute atomic E-state index is 0.0224. The number of nitrogens with zero attached hydrogens (tertiary/aromatic N) is 4. The largest absolute Gasteiger partial charge is 0.490 e. The lowest BCUT2D eigenvalue weighted by molar-refractivity contribution is -0.192. The van der Waals surface area contributed by atoms with E-state index in [1.165, 1.54) is 7.11 Å². The van der Waals surface area contributed by atoms with Gasteiger partial charge in [0.15, 0.2) is 0 Å². The second-order valence-corrected chi connectivity index (χ2v) is 9.80. The van der Waals surface area contributed by atoms with E-state index in [4.69, 9.17) is 29.1 Å². The summed E-state index contributed by atoms with van der Waals surface area (Å²) in [6, 6.07) is 3.36. The van der Waals surface area contributed by atoms with Crippen molar-refractivity contribution in [2.24, 2.45) is 0 Å². The van der Waals surface area contributed by atoms with Gasteiger partial charge in [-0.05, 0) is 44.7 Å². The minimum atomic E-state index is -5.08. The number of halogens is 3. The van der Waals surface area contributed by atoms with Crippen molar-refractivity contribution in [2.75, 3.05) is 19.0 Å². The van der Waals surface area contributed by atoms with Gasteiger partial charge in [-0.1, -0.05) is 0 Å². The minimum Gasteiger partial charge on any atom is -0.480 e. The van der Waals surface area contributed by atoms with Gasteiger partial charge in [-0.2, -0.15) is 18.2 Å². The van der Waals surface area contributed by atoms with Gasteiger partial charge in [0.25, 0.3) is 5.91 Å². The number of anilines is 1. The van der Waals surface area contributed by atoms with Gasteiger partial charge in [0.1, 0.15) is 17.4 Å². The predicted molar refractivity (Wildman–Crippen MR) is 124 cm³/mol. The van der Waals surface area contributed by atoms with Crippen LogP contribution in [0, 0.1) is 0 Å². The molecule has 11 nitrogen and oxygen atoms in total. The Hall–Kier alpha value is -3.94. The summed E-state index contributed by atoms with van der Waals surface area (Å²) in [4.78, 5) is 35.3. The molecule has 2 aliphatic heterocycles. The van der Waals surface area contributed by atoms with Crippen molar-refractivity contribution in [2.45, 2.75) is 55.9 Å². The number of carbonyl (C=O) groups excluding carboxylic acids is 1. The second-order valence-electron chi connectivity index (χ2n) is 9.80. The third-order valence-electron chi connectivity index (χ3n) is 6.58. The topological polar surface area (TPSA) is 137 Å². The first-order valence-corrected chi connectivity index (χ1v) is 11.7. The number of imidazole rings is 1. The van der Waals surface area contributed by atoms with Crippen molar-refractivity contribution in [1.82, 2.24) is 19.4 Å². The van der Waals surface area contributed by atoms with Gasteiger partial charge in [-0.25, -0.2) is 14.8 Å². The van der Waals surface area contributed by atoms with E-state index in [-0.39, 0.29) is 28.9 Å². The van der Waals surface area contributed by atoms with Crippen LogP contribution in [0.25, 0.3) is 5.78 Å². The fourth-order valence-corrected chi connectivity index (χ4v) is 4.75. The molecule has 14 heteroatoms. The van der Waals surface area contributed by atoms with Gasteiger partial charge in [0.05, 0.1) is 25.0 Å². The smallest absolute Gasteiger partial charge is 0.480 e. The molecule has 38 heavy (non-hydrogen) atoms. The fraction of sp³-hybridized carbons (Fsp3) is 0.458. The maximum atomic E-state index is 12.9. The number of carboxylic acid groups (broad SMARTS) is 1. The summed E-state index contributed by atoms with van der Waals surface area (Å²) in [5.74, 6) is -1.91. The Kier molecular flexibility index (Phi) is 6.16. The number of carboxylic acids is 1. The molecular weight excluding hydrogens is 511 g/mol. The number of ether oxygens (including phenoxy) is 3. The molecule has 4 fully saturated rings. The van der Waals surface area contributed by atoms with E-state index in [0.717, 1.165) is 31.4 Å². The van der Waals surface area contributed by atoms with Crippen LogP contribution in [-0.4, -0.2) is 67.9 Å². The van der Waals surface area contributed by atoms with Crippen LogP contribution in [-0.2, 0) is 14.9 Å². The molecule has 2 N–H and O–H groups in total. The highest BCUT2D eigenvalue weighted by atomic mass is 19.4. The van der Waals surface area contributed by atoms with Gasteiger partial charge in [0, 0.05) is 24.0 Å². The molecule has 0 unspecified atom stereocenters. The van der Waals surface area contributed by atoms with E-state index in [2.05, 4.69) is 22.2 Å². The molecule has 5 heterocycles. The molecule has 0 radical (unpaired) electrons. The number of alkyl halides is 3. The Morgan fingerprint density at radius 1 is 1.21 bits per heavy atom. The van der Waals surface area contributed by atoms with Crippen LogP contribution in [0.15, 0.2) is 30.7 Å². The lowest BCUT2D eigenvalue weighted by Gasteiger charge is -2.41. The number of nitrogens with one attached hydrogen (secondary N) is 1. The van der Waals surface area contributed by atoms with Crippen molar-refractivity contribution < 1.29 is 42.1 Å². The van der Waals surface area contributed by atoms with Crippen LogP contribution >= 0.6 is 0 Å². The number of aromatic nitrogens is 4. The maximum absolute atomic E-state index is 12.9. The summed E-state index contributed by atoms with van der Waals surface area (Å²) in [5.41, 5.74) is 1.74. The summed E-state index contributed by atoms with van der Waals surface area (Å²) >= 11 is 0. The third-order valence-corrected chi connectivity index (χ3v) is 6.58. The molecular formula is C24H24F3N5O6. The van der Waals surface area contributed by atoms with Crippen molar-refractivity contribution in [3.63, 3.8) is 0 Å². The molecule has 3 aromatic rings. The fourth-order valence-electron chi connectivity index (χ4n) is 4.75. The van der Waals surface area contributed by atoms with Crippen molar-refractivity contribution >= 4 is 23.3 Å². The highest BCUT2D eigenvalue weighted by Gasteiger charge is 2.61. The molecule has 0 aromatic carbocycles. The Morgan fingerprint density at radius 2 is 1.92 bits per heavy atom. The summed E-state index contributed by atoms with van der Waals surface area (Å²) in [7, 11) is 1.49. The molecule has 1 amide bonds. The normalized spacial score (nSPS) is 23.7. The first-order chi connectivity index (χ1) is 17.9. The van der Waals surface area contributed by atoms with Crippen LogP contribution in [0.3, 0.4) is 0 Å². The summed E-state index contributed by atoms with van der Waals surface area (Å²) in [6.07, 6.45) is 4.32. The molecule has 2 saturated carbocycles. The standard InChI is InChI=1S/C22H23N5O4.C2HF3O2/c1-21-10-22(11-21,12-30-21)16-9-27-8-15(19(26-20(27)25-16)31-13-5-6-13)24-17(28)14-4-3-7-23-18(14)29-2;3-2(4,5)1(6)7/h3-4,7-9,13H,5-6,10-12H2,1-2H3,(H,24,28);(H,6,7). The van der Waals surface area contributed by atoms with E-state index in [0.29, 0.717) is 29.5 Å². The molecule has 4 aliphatic rings. The number of methoxy groups -OCH3 is 1. The van der Waals surface area contributed by atoms with E-state index in [1.807, 2.05) is 16.8 Å². The zero-order chi connectivity index (χ0) is 27.3. The summed E-state index contributed by atoms with van der Waals surface area (Å²) in [6.45, 7) is 2.83. The number of aliphatic carboxylic acids is 1. The molecule has 3 aromatic heterocycles. The van der Waals surface area contributed by atoms with E-state index < -0.39 is 12.1 Å². The lowest BCUT2D eigenvalue weighted by atomic mass is 9.62. The quantitative estimate of drug-likeness (QED) is 0.487. The van der Waals surface area contributed by atoms with Gasteiger partial charge in [0.2, 0.25) is 17.5 Å². The second kappa shape index (κ2) is 9.11. The Bertz CT molecular complexity index is 1400. The zero-order valence-corrected chi connectivity index (χ0v) is 20.4. The van der Waals surface area contributed by atoms with Crippen molar-refractivity contribution in [1.29, 1.82) is 0 Å². The van der Waals surface area contributed by atoms with Crippen molar-refractivity contribution in [3.05, 3.63) is 42.0 Å². The Balaban J connectivity index is 0.000000374. The SMILES string of the molecule is COc1ncccc1C(=O)Nc1cn2cc(C34COC(C)(C3)C4)nc2nc1OC1CC1.O=C(O)C(F)(F)F. The molecule has 2 bridgehead atoms. The van der Waals surface area contributed by atoms with Crippen LogP contribution in [0.5, 0.6) is 11.8 Å². The highest BCUT2D eigenvalue weighted by Crippen LogP contribution is 2.58. The number of amides is 1. The number of rotatable bonds is 6. The lowest BCUT2D eigenvalue weighted by Crippen LogP contribution is -2.45. The monoisotopic (exact) mass is 535 g/mol. The Labute approximate surface area is 214 Å². The van der Waals surface area contributed by atoms with Gasteiger partial charge in [-0.3, -0.25) is 9.20 Å². The average molecular weight is 535 g/mol. The molecule has 202 valence electrons. The van der Waals surface area contributed by atoms with Gasteiger partial charge in [-0.15, -0.1) is 0 Å². The van der Waals surface area contributed by atoms with Crippen LogP contribution < -0.4 is 14.8 Å². The van der Waals surface area contributed by atoms with E-state index in [9.17, 15) is 18.0 Å². The molecule has 7 rings (SSSR count). The molecule has 2 aliphatic carbocycles. The van der Waals surface area contributed by atoms with Crippen LogP contribution in [0.4, 0.5) is 18.9 Å². The number of hydrogen-bond acceptors (Lipinski definition) is 8. The number of carbonyl (C=O) groups is 2. The van der Waals surface area contributed by atoms with Gasteiger partial charge < -0.3 is 24.6 Å². The zero-order valence-electron chi connectivity index (χ0n) is 20.4. The van der Waals surface area contributed by atoms with E-state index in [1.54, 1.807) is 18.3 Å². The van der Waals surface area contributed by atoms with Crippen molar-refractivity contribution in [3.8, 4) is 11.8 Å². The average Bonchev–Trinajstić information content (AvgIpc) is 3.31. The van der Waals surface area contributed by atoms with Gasteiger partial charge >= 0.3 is 12.1 Å². The first-order valence-electron chi connectivity index (χ1n) is 11.7. The highest BCUT2D eigenvalue weighted by molar-refractivity contribution is 6.06. The number of hydrogen-bond donors (Lipinski definition) is 2. The van der Waals surface area contributed by atoms with Crippen LogP contribution in [0.1, 0.15) is 48.7 Å². The molecule has 2 saturated heterocycles. The number of pyridine rings is 1. The Morgan fingerprint density at radius 3 is 2.50 bits per heavy atom. The maximum Gasteiger partial charge on any atom is 0.490 e. The summed E-state index contributed by atoms with van der Waals surface area (Å²) < 4.78 is 50.7.